The van der Waals surface area contributed by atoms with Crippen LogP contribution < -0.4 is 0 Å². The highest BCUT2D eigenvalue weighted by Gasteiger charge is 2.63. The lowest BCUT2D eigenvalue weighted by Gasteiger charge is -2.58. The molecule has 1 N–H and O–H groups in total. The molecular weight excluding hydrogens is 340 g/mol. The van der Waals surface area contributed by atoms with E-state index < -0.39 is 5.79 Å². The summed E-state index contributed by atoms with van der Waals surface area (Å²) in [6.07, 6.45) is 8.70. The van der Waals surface area contributed by atoms with Crippen LogP contribution in [0.15, 0.2) is 11.6 Å². The first-order chi connectivity index (χ1) is 12.8. The third-order valence-electron chi connectivity index (χ3n) is 9.27. The Morgan fingerprint density at radius 3 is 2.59 bits per heavy atom. The van der Waals surface area contributed by atoms with Crippen molar-refractivity contribution in [3.63, 3.8) is 0 Å². The molecule has 0 aromatic carbocycles. The molecule has 4 heteroatoms. The van der Waals surface area contributed by atoms with Crippen molar-refractivity contribution in [1.29, 1.82) is 0 Å². The van der Waals surface area contributed by atoms with Crippen molar-refractivity contribution < 1.29 is 19.4 Å². The summed E-state index contributed by atoms with van der Waals surface area (Å²) in [7, 11) is 0. The molecule has 0 aromatic rings. The second kappa shape index (κ2) is 5.90. The third kappa shape index (κ3) is 2.42. The molecular formula is C23H34O4. The molecule has 1 aliphatic heterocycles. The van der Waals surface area contributed by atoms with Gasteiger partial charge in [-0.3, -0.25) is 4.79 Å². The normalized spacial score (nSPS) is 49.3. The molecule has 0 bridgehead atoms. The minimum absolute atomic E-state index is 0.0261. The molecule has 4 fully saturated rings. The summed E-state index contributed by atoms with van der Waals surface area (Å²) >= 11 is 0. The van der Waals surface area contributed by atoms with Crippen molar-refractivity contribution in [2.45, 2.75) is 77.6 Å². The maximum atomic E-state index is 13.5. The van der Waals surface area contributed by atoms with E-state index in [1.54, 1.807) is 0 Å². The van der Waals surface area contributed by atoms with E-state index in [9.17, 15) is 9.90 Å². The molecule has 1 saturated heterocycles. The van der Waals surface area contributed by atoms with Crippen molar-refractivity contribution >= 4 is 5.78 Å². The molecule has 1 heterocycles. The monoisotopic (exact) mass is 374 g/mol. The van der Waals surface area contributed by atoms with E-state index in [-0.39, 0.29) is 28.8 Å². The number of aliphatic hydroxyl groups is 1. The van der Waals surface area contributed by atoms with Crippen LogP contribution in [0.4, 0.5) is 0 Å². The van der Waals surface area contributed by atoms with Gasteiger partial charge in [0.05, 0.1) is 19.3 Å². The van der Waals surface area contributed by atoms with Crippen LogP contribution in [0, 0.1) is 34.5 Å². The van der Waals surface area contributed by atoms with Gasteiger partial charge in [0.2, 0.25) is 0 Å². The molecule has 0 radical (unpaired) electrons. The number of rotatable bonds is 1. The second-order valence-electron chi connectivity index (χ2n) is 10.5. The Morgan fingerprint density at radius 2 is 1.89 bits per heavy atom. The lowest BCUT2D eigenvalue weighted by atomic mass is 9.46. The summed E-state index contributed by atoms with van der Waals surface area (Å²) < 4.78 is 12.0. The smallest absolute Gasteiger partial charge is 0.172 e. The molecule has 7 atom stereocenters. The zero-order valence-electron chi connectivity index (χ0n) is 17.0. The quantitative estimate of drug-likeness (QED) is 0.708. The molecule has 150 valence electrons. The summed E-state index contributed by atoms with van der Waals surface area (Å²) in [5.74, 6) is 1.43. The van der Waals surface area contributed by atoms with Crippen LogP contribution in [0.25, 0.3) is 0 Å². The molecule has 27 heavy (non-hydrogen) atoms. The maximum absolute atomic E-state index is 13.5. The Labute approximate surface area is 162 Å². The molecule has 0 aromatic heterocycles. The van der Waals surface area contributed by atoms with E-state index in [1.807, 2.05) is 6.92 Å². The summed E-state index contributed by atoms with van der Waals surface area (Å²) in [4.78, 5) is 13.5. The van der Waals surface area contributed by atoms with Gasteiger partial charge in [-0.25, -0.2) is 0 Å². The standard InChI is InChI=1S/C23H34O4/c1-14(24)17-6-7-18-16-5-4-15-12-23(26-10-11-27-23)9-8-21(15,2)20(16)19(25)13-22(17,18)3/h4,14,16-18,20,24H,5-13H2,1-3H3/t14?,16-,17+,18-,20+,21-,22+/m0/s1. The fourth-order valence-corrected chi connectivity index (χ4v) is 8.01. The average molecular weight is 375 g/mol. The van der Waals surface area contributed by atoms with Gasteiger partial charge in [-0.2, -0.15) is 0 Å². The summed E-state index contributed by atoms with van der Waals surface area (Å²) in [6, 6.07) is 0. The number of Topliss-reactive ketones (excluding diaryl/α,β-unsaturated/α-hetero) is 1. The molecule has 3 saturated carbocycles. The predicted octanol–water partition coefficient (Wildman–Crippen LogP) is 3.87. The zero-order chi connectivity index (χ0) is 19.0. The van der Waals surface area contributed by atoms with Crippen LogP contribution in [0.1, 0.15) is 65.7 Å². The number of hydrogen-bond donors (Lipinski definition) is 1. The molecule has 0 amide bonds. The van der Waals surface area contributed by atoms with Gasteiger partial charge >= 0.3 is 0 Å². The Morgan fingerprint density at radius 1 is 1.15 bits per heavy atom. The number of carbonyl (C=O) groups excluding carboxylic acids is 1. The highest BCUT2D eigenvalue weighted by Crippen LogP contribution is 2.66. The van der Waals surface area contributed by atoms with Crippen LogP contribution in [-0.2, 0) is 14.3 Å². The van der Waals surface area contributed by atoms with E-state index in [0.29, 0.717) is 37.3 Å². The third-order valence-corrected chi connectivity index (χ3v) is 9.27. The van der Waals surface area contributed by atoms with E-state index in [0.717, 1.165) is 38.5 Å². The maximum Gasteiger partial charge on any atom is 0.172 e. The number of allylic oxidation sites excluding steroid dienone is 1. The first-order valence-corrected chi connectivity index (χ1v) is 11.0. The summed E-state index contributed by atoms with van der Waals surface area (Å²) in [5.41, 5.74) is 1.34. The number of hydrogen-bond acceptors (Lipinski definition) is 4. The molecule has 4 aliphatic carbocycles. The lowest BCUT2D eigenvalue weighted by molar-refractivity contribution is -0.187. The van der Waals surface area contributed by atoms with Crippen molar-refractivity contribution in [3.05, 3.63) is 11.6 Å². The average Bonchev–Trinajstić information content (AvgIpc) is 3.19. The van der Waals surface area contributed by atoms with Crippen LogP contribution >= 0.6 is 0 Å². The van der Waals surface area contributed by atoms with E-state index in [1.165, 1.54) is 5.57 Å². The van der Waals surface area contributed by atoms with Crippen molar-refractivity contribution in [2.75, 3.05) is 13.2 Å². The lowest BCUT2D eigenvalue weighted by Crippen LogP contribution is -2.56. The van der Waals surface area contributed by atoms with Gasteiger partial charge in [0.25, 0.3) is 0 Å². The van der Waals surface area contributed by atoms with E-state index >= 15 is 0 Å². The Kier molecular flexibility index (Phi) is 4.00. The van der Waals surface area contributed by atoms with Crippen LogP contribution in [0.5, 0.6) is 0 Å². The van der Waals surface area contributed by atoms with E-state index in [2.05, 4.69) is 19.9 Å². The number of ether oxygens (including phenoxy) is 2. The number of aliphatic hydroxyl groups excluding tert-OH is 1. The molecule has 5 aliphatic rings. The minimum atomic E-state index is -0.421. The van der Waals surface area contributed by atoms with Crippen molar-refractivity contribution in [3.8, 4) is 0 Å². The SMILES string of the molecule is CC(O)[C@H]1CC[C@H]2[C@@H]3CC=C4CC5(CC[C@]4(C)[C@H]3C(=O)C[C@]12C)OCCO5. The predicted molar refractivity (Wildman–Crippen MR) is 102 cm³/mol. The van der Waals surface area contributed by atoms with Crippen LogP contribution in [0.3, 0.4) is 0 Å². The number of carbonyl (C=O) groups is 1. The minimum Gasteiger partial charge on any atom is -0.393 e. The Hall–Kier alpha value is -0.710. The van der Waals surface area contributed by atoms with Gasteiger partial charge in [0, 0.05) is 25.2 Å². The number of fused-ring (bicyclic) bond motifs is 5. The Bertz CT molecular complexity index is 676. The number of ketones is 1. The first-order valence-electron chi connectivity index (χ1n) is 11.0. The largest absolute Gasteiger partial charge is 0.393 e. The van der Waals surface area contributed by atoms with Crippen molar-refractivity contribution in [1.82, 2.24) is 0 Å². The topological polar surface area (TPSA) is 55.8 Å². The molecule has 5 rings (SSSR count). The fourth-order valence-electron chi connectivity index (χ4n) is 8.01. The fraction of sp³-hybridized carbons (Fsp3) is 0.870. The summed E-state index contributed by atoms with van der Waals surface area (Å²) in [5, 5.41) is 10.3. The highest BCUT2D eigenvalue weighted by atomic mass is 16.7. The highest BCUT2D eigenvalue weighted by molar-refractivity contribution is 5.85. The van der Waals surface area contributed by atoms with Gasteiger partial charge in [-0.05, 0) is 61.2 Å². The first kappa shape index (κ1) is 18.3. The van der Waals surface area contributed by atoms with Gasteiger partial charge < -0.3 is 14.6 Å². The molecule has 1 spiro atoms. The Balaban J connectivity index is 1.49. The van der Waals surface area contributed by atoms with E-state index in [4.69, 9.17) is 9.47 Å². The van der Waals surface area contributed by atoms with Crippen molar-refractivity contribution in [2.24, 2.45) is 34.5 Å². The van der Waals surface area contributed by atoms with Gasteiger partial charge in [0.15, 0.2) is 5.79 Å². The summed E-state index contributed by atoms with van der Waals surface area (Å²) in [6.45, 7) is 7.91. The molecule has 4 nitrogen and oxygen atoms in total. The molecule has 1 unspecified atom stereocenters. The second-order valence-corrected chi connectivity index (χ2v) is 10.5. The van der Waals surface area contributed by atoms with Gasteiger partial charge in [-0.15, -0.1) is 0 Å². The van der Waals surface area contributed by atoms with Crippen LogP contribution in [0.2, 0.25) is 0 Å². The zero-order valence-corrected chi connectivity index (χ0v) is 17.0. The van der Waals surface area contributed by atoms with Gasteiger partial charge in [0.1, 0.15) is 5.78 Å². The van der Waals surface area contributed by atoms with Gasteiger partial charge in [-0.1, -0.05) is 25.5 Å². The van der Waals surface area contributed by atoms with Crippen LogP contribution in [-0.4, -0.2) is 36.0 Å².